The summed E-state index contributed by atoms with van der Waals surface area (Å²) in [5.41, 5.74) is 3.33. The van der Waals surface area contributed by atoms with Gasteiger partial charge >= 0.3 is 0 Å². The second-order valence-corrected chi connectivity index (χ2v) is 6.77. The molecular formula is C22H26N4O3. The van der Waals surface area contributed by atoms with E-state index in [2.05, 4.69) is 22.6 Å². The van der Waals surface area contributed by atoms with Crippen LogP contribution in [0, 0.1) is 13.8 Å². The molecule has 0 unspecified atom stereocenters. The third-order valence-corrected chi connectivity index (χ3v) is 4.62. The molecule has 7 nitrogen and oxygen atoms in total. The SMILES string of the molecule is CCCCOc1ccc(NC(=O)c2nnn(-c3cccc(OC)c3)c2C)c(C)c1. The van der Waals surface area contributed by atoms with E-state index in [0.717, 1.165) is 29.8 Å². The number of hydrogen-bond acceptors (Lipinski definition) is 5. The topological polar surface area (TPSA) is 78.3 Å². The van der Waals surface area contributed by atoms with Crippen molar-refractivity contribution in [1.82, 2.24) is 15.0 Å². The van der Waals surface area contributed by atoms with Gasteiger partial charge in [-0.1, -0.05) is 24.6 Å². The van der Waals surface area contributed by atoms with Gasteiger partial charge in [0.1, 0.15) is 11.5 Å². The summed E-state index contributed by atoms with van der Waals surface area (Å²) in [5, 5.41) is 11.1. The maximum atomic E-state index is 12.8. The van der Waals surface area contributed by atoms with Crippen molar-refractivity contribution < 1.29 is 14.3 Å². The Kier molecular flexibility index (Phi) is 6.49. The molecule has 0 radical (unpaired) electrons. The molecule has 3 rings (SSSR count). The van der Waals surface area contributed by atoms with Crippen molar-refractivity contribution in [3.63, 3.8) is 0 Å². The number of anilines is 1. The second-order valence-electron chi connectivity index (χ2n) is 6.77. The monoisotopic (exact) mass is 394 g/mol. The minimum atomic E-state index is -0.306. The molecule has 3 aromatic rings. The van der Waals surface area contributed by atoms with Crippen LogP contribution in [0.25, 0.3) is 5.69 Å². The normalized spacial score (nSPS) is 10.6. The molecule has 1 amide bonds. The van der Waals surface area contributed by atoms with Crippen molar-refractivity contribution in [2.75, 3.05) is 19.0 Å². The Morgan fingerprint density at radius 1 is 1.14 bits per heavy atom. The van der Waals surface area contributed by atoms with Crippen molar-refractivity contribution in [3.05, 3.63) is 59.4 Å². The highest BCUT2D eigenvalue weighted by Gasteiger charge is 2.18. The van der Waals surface area contributed by atoms with Gasteiger partial charge in [0.2, 0.25) is 0 Å². The van der Waals surface area contributed by atoms with E-state index < -0.39 is 0 Å². The van der Waals surface area contributed by atoms with E-state index >= 15 is 0 Å². The molecule has 152 valence electrons. The standard InChI is InChI=1S/C22H26N4O3/c1-5-6-12-29-19-10-11-20(15(2)13-19)23-22(27)21-16(3)26(25-24-21)17-8-7-9-18(14-17)28-4/h7-11,13-14H,5-6,12H2,1-4H3,(H,23,27). The Hall–Kier alpha value is -3.35. The fraction of sp³-hybridized carbons (Fsp3) is 0.318. The lowest BCUT2D eigenvalue weighted by molar-refractivity contribution is 0.102. The van der Waals surface area contributed by atoms with Crippen LogP contribution < -0.4 is 14.8 Å². The van der Waals surface area contributed by atoms with Crippen LogP contribution in [0.15, 0.2) is 42.5 Å². The Morgan fingerprint density at radius 3 is 2.69 bits per heavy atom. The van der Waals surface area contributed by atoms with Crippen molar-refractivity contribution in [1.29, 1.82) is 0 Å². The maximum absolute atomic E-state index is 12.8. The lowest BCUT2D eigenvalue weighted by atomic mass is 10.2. The van der Waals surface area contributed by atoms with Crippen molar-refractivity contribution in [3.8, 4) is 17.2 Å². The van der Waals surface area contributed by atoms with Crippen LogP contribution in [0.4, 0.5) is 5.69 Å². The molecule has 29 heavy (non-hydrogen) atoms. The number of methoxy groups -OCH3 is 1. The van der Waals surface area contributed by atoms with Gasteiger partial charge in [0.25, 0.3) is 5.91 Å². The summed E-state index contributed by atoms with van der Waals surface area (Å²) in [5.74, 6) is 1.20. The Balaban J connectivity index is 1.75. The quantitative estimate of drug-likeness (QED) is 0.576. The number of unbranched alkanes of at least 4 members (excludes halogenated alkanes) is 1. The highest BCUT2D eigenvalue weighted by atomic mass is 16.5. The predicted octanol–water partition coefficient (Wildman–Crippen LogP) is 4.32. The van der Waals surface area contributed by atoms with Crippen LogP contribution >= 0.6 is 0 Å². The molecule has 0 bridgehead atoms. The molecule has 7 heteroatoms. The zero-order valence-electron chi connectivity index (χ0n) is 17.2. The van der Waals surface area contributed by atoms with E-state index in [-0.39, 0.29) is 11.6 Å². The van der Waals surface area contributed by atoms with Crippen molar-refractivity contribution in [2.45, 2.75) is 33.6 Å². The third-order valence-electron chi connectivity index (χ3n) is 4.62. The minimum absolute atomic E-state index is 0.274. The predicted molar refractivity (Wildman–Crippen MR) is 112 cm³/mol. The summed E-state index contributed by atoms with van der Waals surface area (Å²) in [4.78, 5) is 12.8. The fourth-order valence-corrected chi connectivity index (χ4v) is 2.91. The summed E-state index contributed by atoms with van der Waals surface area (Å²) in [7, 11) is 1.61. The molecule has 0 aliphatic carbocycles. The summed E-state index contributed by atoms with van der Waals surface area (Å²) < 4.78 is 12.6. The summed E-state index contributed by atoms with van der Waals surface area (Å²) >= 11 is 0. The number of carbonyl (C=O) groups is 1. The number of hydrogen-bond donors (Lipinski definition) is 1. The van der Waals surface area contributed by atoms with Crippen molar-refractivity contribution in [2.24, 2.45) is 0 Å². The highest BCUT2D eigenvalue weighted by Crippen LogP contribution is 2.23. The van der Waals surface area contributed by atoms with E-state index in [4.69, 9.17) is 9.47 Å². The number of amides is 1. The number of carbonyl (C=O) groups excluding carboxylic acids is 1. The average molecular weight is 394 g/mol. The number of nitrogens with zero attached hydrogens (tertiary/aromatic N) is 3. The molecule has 1 aromatic heterocycles. The van der Waals surface area contributed by atoms with E-state index in [1.807, 2.05) is 56.3 Å². The molecule has 0 atom stereocenters. The van der Waals surface area contributed by atoms with Crippen LogP contribution in [0.3, 0.4) is 0 Å². The smallest absolute Gasteiger partial charge is 0.278 e. The van der Waals surface area contributed by atoms with Gasteiger partial charge in [-0.05, 0) is 56.2 Å². The fourth-order valence-electron chi connectivity index (χ4n) is 2.91. The minimum Gasteiger partial charge on any atom is -0.497 e. The Labute approximate surface area is 170 Å². The molecular weight excluding hydrogens is 368 g/mol. The molecule has 0 aliphatic rings. The zero-order chi connectivity index (χ0) is 20.8. The molecule has 1 N–H and O–H groups in total. The molecule has 0 saturated heterocycles. The second kappa shape index (κ2) is 9.23. The molecule has 2 aromatic carbocycles. The van der Waals surface area contributed by atoms with E-state index in [1.54, 1.807) is 11.8 Å². The van der Waals surface area contributed by atoms with E-state index in [9.17, 15) is 4.79 Å². The first-order valence-electron chi connectivity index (χ1n) is 9.65. The average Bonchev–Trinajstić information content (AvgIpc) is 3.11. The number of benzene rings is 2. The van der Waals surface area contributed by atoms with E-state index in [0.29, 0.717) is 23.7 Å². The van der Waals surface area contributed by atoms with Crippen LogP contribution in [0.1, 0.15) is 41.5 Å². The number of aryl methyl sites for hydroxylation is 1. The number of rotatable bonds is 8. The summed E-state index contributed by atoms with van der Waals surface area (Å²) in [6.07, 6.45) is 2.10. The van der Waals surface area contributed by atoms with Crippen LogP contribution in [-0.2, 0) is 0 Å². The molecule has 0 spiro atoms. The van der Waals surface area contributed by atoms with Gasteiger partial charge in [-0.15, -0.1) is 5.10 Å². The first kappa shape index (κ1) is 20.4. The first-order chi connectivity index (χ1) is 14.0. The van der Waals surface area contributed by atoms with Gasteiger partial charge in [-0.2, -0.15) is 0 Å². The number of aromatic nitrogens is 3. The van der Waals surface area contributed by atoms with Gasteiger partial charge in [0.15, 0.2) is 5.69 Å². The lowest BCUT2D eigenvalue weighted by Crippen LogP contribution is -2.15. The first-order valence-corrected chi connectivity index (χ1v) is 9.65. The van der Waals surface area contributed by atoms with Crippen LogP contribution in [-0.4, -0.2) is 34.6 Å². The van der Waals surface area contributed by atoms with E-state index in [1.165, 1.54) is 0 Å². The van der Waals surface area contributed by atoms with Gasteiger partial charge in [-0.25, -0.2) is 4.68 Å². The maximum Gasteiger partial charge on any atom is 0.278 e. The van der Waals surface area contributed by atoms with Gasteiger partial charge in [-0.3, -0.25) is 4.79 Å². The van der Waals surface area contributed by atoms with Gasteiger partial charge < -0.3 is 14.8 Å². The summed E-state index contributed by atoms with van der Waals surface area (Å²) in [6.45, 7) is 6.56. The van der Waals surface area contributed by atoms with Crippen LogP contribution in [0.5, 0.6) is 11.5 Å². The molecule has 0 fully saturated rings. The molecule has 0 aliphatic heterocycles. The Morgan fingerprint density at radius 2 is 1.97 bits per heavy atom. The third kappa shape index (κ3) is 4.74. The molecule has 1 heterocycles. The number of nitrogens with one attached hydrogen (secondary N) is 1. The van der Waals surface area contributed by atoms with Crippen molar-refractivity contribution >= 4 is 11.6 Å². The zero-order valence-corrected chi connectivity index (χ0v) is 17.2. The lowest BCUT2D eigenvalue weighted by Gasteiger charge is -2.11. The van der Waals surface area contributed by atoms with Crippen LogP contribution in [0.2, 0.25) is 0 Å². The highest BCUT2D eigenvalue weighted by molar-refractivity contribution is 6.04. The van der Waals surface area contributed by atoms with Gasteiger partial charge in [0, 0.05) is 11.8 Å². The van der Waals surface area contributed by atoms with Gasteiger partial charge in [0.05, 0.1) is 25.1 Å². The Bertz CT molecular complexity index is 997. The number of ether oxygens (including phenoxy) is 2. The summed E-state index contributed by atoms with van der Waals surface area (Å²) in [6, 6.07) is 13.1. The molecule has 0 saturated carbocycles. The largest absolute Gasteiger partial charge is 0.497 e.